The van der Waals surface area contributed by atoms with Crippen LogP contribution < -0.4 is 10.2 Å². The second-order valence-corrected chi connectivity index (χ2v) is 6.33. The first-order chi connectivity index (χ1) is 11.5. The van der Waals surface area contributed by atoms with E-state index in [0.29, 0.717) is 17.4 Å². The maximum atomic E-state index is 11.3. The van der Waals surface area contributed by atoms with Gasteiger partial charge < -0.3 is 10.2 Å². The summed E-state index contributed by atoms with van der Waals surface area (Å²) in [6, 6.07) is 10.4. The van der Waals surface area contributed by atoms with Gasteiger partial charge in [0.15, 0.2) is 0 Å². The summed E-state index contributed by atoms with van der Waals surface area (Å²) in [6.07, 6.45) is 3.51. The van der Waals surface area contributed by atoms with Crippen LogP contribution in [0.15, 0.2) is 36.5 Å². The summed E-state index contributed by atoms with van der Waals surface area (Å²) < 4.78 is 0. The Morgan fingerprint density at radius 1 is 1.25 bits per heavy atom. The normalized spacial score (nSPS) is 15.3. The van der Waals surface area contributed by atoms with Gasteiger partial charge in [-0.2, -0.15) is 0 Å². The number of piperidine rings is 1. The van der Waals surface area contributed by atoms with E-state index < -0.39 is 0 Å². The van der Waals surface area contributed by atoms with Crippen LogP contribution in [0.1, 0.15) is 24.0 Å². The standard InChI is InChI=1S/C18H22N4O2/c1-13-4-3-5-16(12-13)20-15-7-10-21(11-8-15)18-17(22(23)24)14(2)6-9-19-18/h3-6,9,12,15,20H,7-8,10-11H2,1-2H3. The molecular formula is C18H22N4O2. The molecule has 6 nitrogen and oxygen atoms in total. The number of nitro groups is 1. The number of nitrogens with zero attached hydrogens (tertiary/aromatic N) is 3. The molecule has 1 aromatic heterocycles. The predicted octanol–water partition coefficient (Wildman–Crippen LogP) is 3.69. The molecule has 6 heteroatoms. The minimum Gasteiger partial charge on any atom is -0.382 e. The zero-order chi connectivity index (χ0) is 17.1. The minimum absolute atomic E-state index is 0.127. The lowest BCUT2D eigenvalue weighted by molar-refractivity contribution is -0.384. The van der Waals surface area contributed by atoms with E-state index in [4.69, 9.17) is 0 Å². The molecule has 0 bridgehead atoms. The second-order valence-electron chi connectivity index (χ2n) is 6.33. The molecule has 0 atom stereocenters. The monoisotopic (exact) mass is 326 g/mol. The van der Waals surface area contributed by atoms with Gasteiger partial charge in [0.25, 0.3) is 0 Å². The Hall–Kier alpha value is -2.63. The number of hydrogen-bond acceptors (Lipinski definition) is 5. The minimum atomic E-state index is -0.325. The molecule has 1 aliphatic rings. The van der Waals surface area contributed by atoms with Crippen molar-refractivity contribution in [3.63, 3.8) is 0 Å². The molecule has 1 aromatic carbocycles. The van der Waals surface area contributed by atoms with Crippen LogP contribution in [0.2, 0.25) is 0 Å². The van der Waals surface area contributed by atoms with E-state index in [1.165, 1.54) is 5.56 Å². The van der Waals surface area contributed by atoms with E-state index in [1.807, 2.05) is 11.0 Å². The van der Waals surface area contributed by atoms with Gasteiger partial charge in [0, 0.05) is 36.6 Å². The van der Waals surface area contributed by atoms with Crippen molar-refractivity contribution < 1.29 is 4.92 Å². The van der Waals surface area contributed by atoms with Gasteiger partial charge in [-0.1, -0.05) is 12.1 Å². The molecular weight excluding hydrogens is 304 g/mol. The Morgan fingerprint density at radius 2 is 2.00 bits per heavy atom. The van der Waals surface area contributed by atoms with E-state index >= 15 is 0 Å². The highest BCUT2D eigenvalue weighted by Crippen LogP contribution is 2.31. The van der Waals surface area contributed by atoms with Crippen molar-refractivity contribution in [1.29, 1.82) is 0 Å². The average molecular weight is 326 g/mol. The molecule has 2 heterocycles. The molecule has 0 saturated carbocycles. The van der Waals surface area contributed by atoms with Crippen LogP contribution in [-0.2, 0) is 0 Å². The van der Waals surface area contributed by atoms with Crippen molar-refractivity contribution in [1.82, 2.24) is 4.98 Å². The van der Waals surface area contributed by atoms with Gasteiger partial charge >= 0.3 is 5.69 Å². The van der Waals surface area contributed by atoms with E-state index in [9.17, 15) is 10.1 Å². The summed E-state index contributed by atoms with van der Waals surface area (Å²) in [7, 11) is 0. The molecule has 0 amide bonds. The molecule has 0 unspecified atom stereocenters. The number of aromatic nitrogens is 1. The molecule has 126 valence electrons. The van der Waals surface area contributed by atoms with Gasteiger partial charge in [-0.3, -0.25) is 10.1 Å². The van der Waals surface area contributed by atoms with Crippen LogP contribution >= 0.6 is 0 Å². The summed E-state index contributed by atoms with van der Waals surface area (Å²) >= 11 is 0. The number of anilines is 2. The molecule has 2 aromatic rings. The van der Waals surface area contributed by atoms with Crippen molar-refractivity contribution in [2.24, 2.45) is 0 Å². The third-order valence-electron chi connectivity index (χ3n) is 4.47. The maximum absolute atomic E-state index is 11.3. The lowest BCUT2D eigenvalue weighted by Gasteiger charge is -2.33. The molecule has 24 heavy (non-hydrogen) atoms. The Morgan fingerprint density at radius 3 is 2.67 bits per heavy atom. The van der Waals surface area contributed by atoms with E-state index in [1.54, 1.807) is 19.2 Å². The van der Waals surface area contributed by atoms with Crippen LogP contribution in [0.4, 0.5) is 17.2 Å². The molecule has 1 N–H and O–H groups in total. The first kappa shape index (κ1) is 16.2. The van der Waals surface area contributed by atoms with Crippen LogP contribution in [0, 0.1) is 24.0 Å². The molecule has 0 radical (unpaired) electrons. The lowest BCUT2D eigenvalue weighted by atomic mass is 10.0. The van der Waals surface area contributed by atoms with Crippen LogP contribution in [0.25, 0.3) is 0 Å². The second kappa shape index (κ2) is 6.86. The number of hydrogen-bond donors (Lipinski definition) is 1. The smallest absolute Gasteiger partial charge is 0.314 e. The van der Waals surface area contributed by atoms with Crippen molar-refractivity contribution in [2.75, 3.05) is 23.3 Å². The van der Waals surface area contributed by atoms with E-state index in [0.717, 1.165) is 31.6 Å². The average Bonchev–Trinajstić information content (AvgIpc) is 2.55. The van der Waals surface area contributed by atoms with Gasteiger partial charge in [0.2, 0.25) is 5.82 Å². The zero-order valence-corrected chi connectivity index (χ0v) is 14.0. The fourth-order valence-electron chi connectivity index (χ4n) is 3.20. The summed E-state index contributed by atoms with van der Waals surface area (Å²) in [4.78, 5) is 17.3. The van der Waals surface area contributed by atoms with Crippen molar-refractivity contribution in [3.05, 3.63) is 57.8 Å². The Kier molecular flexibility index (Phi) is 4.64. The van der Waals surface area contributed by atoms with Gasteiger partial charge in [-0.15, -0.1) is 0 Å². The van der Waals surface area contributed by atoms with Crippen LogP contribution in [-0.4, -0.2) is 29.0 Å². The highest BCUT2D eigenvalue weighted by molar-refractivity contribution is 5.61. The van der Waals surface area contributed by atoms with Crippen molar-refractivity contribution in [2.45, 2.75) is 32.7 Å². The molecule has 1 saturated heterocycles. The van der Waals surface area contributed by atoms with Gasteiger partial charge in [0.1, 0.15) is 0 Å². The van der Waals surface area contributed by atoms with E-state index in [-0.39, 0.29) is 10.6 Å². The van der Waals surface area contributed by atoms with E-state index in [2.05, 4.69) is 35.4 Å². The Bertz CT molecular complexity index is 740. The zero-order valence-electron chi connectivity index (χ0n) is 14.0. The molecule has 0 spiro atoms. The van der Waals surface area contributed by atoms with Crippen LogP contribution in [0.5, 0.6) is 0 Å². The summed E-state index contributed by atoms with van der Waals surface area (Å²) in [5.74, 6) is 0.494. The first-order valence-corrected chi connectivity index (χ1v) is 8.23. The lowest BCUT2D eigenvalue weighted by Crippen LogP contribution is -2.39. The highest BCUT2D eigenvalue weighted by atomic mass is 16.6. The Balaban J connectivity index is 1.67. The number of rotatable bonds is 4. The van der Waals surface area contributed by atoms with Gasteiger partial charge in [-0.05, 0) is 50.5 Å². The number of nitrogens with one attached hydrogen (secondary N) is 1. The fraction of sp³-hybridized carbons (Fsp3) is 0.389. The van der Waals surface area contributed by atoms with Crippen molar-refractivity contribution >= 4 is 17.2 Å². The first-order valence-electron chi connectivity index (χ1n) is 8.23. The van der Waals surface area contributed by atoms with Crippen molar-refractivity contribution in [3.8, 4) is 0 Å². The highest BCUT2D eigenvalue weighted by Gasteiger charge is 2.27. The summed E-state index contributed by atoms with van der Waals surface area (Å²) in [5.41, 5.74) is 3.15. The predicted molar refractivity (Wildman–Crippen MR) is 95.7 cm³/mol. The number of benzene rings is 1. The molecule has 1 aliphatic heterocycles. The third-order valence-corrected chi connectivity index (χ3v) is 4.47. The molecule has 3 rings (SSSR count). The molecule has 1 fully saturated rings. The maximum Gasteiger partial charge on any atom is 0.314 e. The molecule has 0 aliphatic carbocycles. The van der Waals surface area contributed by atoms with Gasteiger partial charge in [-0.25, -0.2) is 4.98 Å². The number of aryl methyl sites for hydroxylation is 2. The largest absolute Gasteiger partial charge is 0.382 e. The topological polar surface area (TPSA) is 71.3 Å². The Labute approximate surface area is 141 Å². The number of pyridine rings is 1. The SMILES string of the molecule is Cc1cccc(NC2CCN(c3nccc(C)c3[N+](=O)[O-])CC2)c1. The quantitative estimate of drug-likeness (QED) is 0.685. The third kappa shape index (κ3) is 3.48. The summed E-state index contributed by atoms with van der Waals surface area (Å²) in [5, 5.41) is 14.9. The van der Waals surface area contributed by atoms with Crippen LogP contribution in [0.3, 0.4) is 0 Å². The summed E-state index contributed by atoms with van der Waals surface area (Å²) in [6.45, 7) is 5.37. The fourth-order valence-corrected chi connectivity index (χ4v) is 3.20. The van der Waals surface area contributed by atoms with Gasteiger partial charge in [0.05, 0.1) is 4.92 Å².